The second kappa shape index (κ2) is 23.7. The minimum Gasteiger partial charge on any atom is -0.784 e. The third-order valence-electron chi connectivity index (χ3n) is 0. The molecule has 0 heterocycles. The van der Waals surface area contributed by atoms with Gasteiger partial charge in [0.25, 0.3) is 0 Å². The molecule has 0 fully saturated rings. The topological polar surface area (TPSA) is 126 Å². The summed E-state index contributed by atoms with van der Waals surface area (Å²) in [4.78, 5) is 0. The van der Waals surface area contributed by atoms with Gasteiger partial charge in [0.1, 0.15) is 0 Å². The van der Waals surface area contributed by atoms with Gasteiger partial charge >= 0.3 is 123 Å². The maximum atomic E-state index is 8.44. The third-order valence-corrected chi connectivity index (χ3v) is 0. The van der Waals surface area contributed by atoms with E-state index in [1.54, 1.807) is 0 Å². The van der Waals surface area contributed by atoms with E-state index in [0.717, 1.165) is 0 Å². The van der Waals surface area contributed by atoms with Crippen molar-refractivity contribution in [2.24, 2.45) is 0 Å². The molecule has 0 atom stereocenters. The predicted octanol–water partition coefficient (Wildman–Crippen LogP) is -8.00. The van der Waals surface area contributed by atoms with Crippen molar-refractivity contribution in [1.29, 1.82) is 0 Å². The number of rotatable bonds is 0. The zero-order valence-corrected chi connectivity index (χ0v) is 15.0. The number of hydrogen-bond donors (Lipinski definition) is 0. The van der Waals surface area contributed by atoms with E-state index in [0.29, 0.717) is 0 Å². The van der Waals surface area contributed by atoms with Gasteiger partial charge in [-0.05, 0) is 0 Å². The summed E-state index contributed by atoms with van der Waals surface area (Å²) in [5.41, 5.74) is 0. The Morgan fingerprint density at radius 3 is 0.727 bits per heavy atom. The monoisotopic (exact) mass is 344 g/mol. The van der Waals surface area contributed by atoms with Crippen LogP contribution in [0.2, 0.25) is 0 Å². The second-order valence-electron chi connectivity index (χ2n) is 0.408. The van der Waals surface area contributed by atoms with Gasteiger partial charge in [0, 0.05) is 0 Å². The normalized spacial score (nSPS) is 6.36. The molecule has 0 amide bonds. The Hall–Kier alpha value is 4.08. The molecule has 0 unspecified atom stereocenters. The summed E-state index contributed by atoms with van der Waals surface area (Å²) < 4.78 is 50.7. The largest absolute Gasteiger partial charge is 2.00 e. The van der Waals surface area contributed by atoms with Crippen LogP contribution in [-0.2, 0) is 43.1 Å². The molecule has 0 saturated heterocycles. The molecule has 0 spiro atoms. The molecule has 0 aromatic rings. The van der Waals surface area contributed by atoms with E-state index in [1.807, 2.05) is 0 Å². The molecule has 0 radical (unpaired) electrons. The van der Waals surface area contributed by atoms with Crippen LogP contribution in [0.25, 0.3) is 0 Å². The van der Waals surface area contributed by atoms with Gasteiger partial charge in [-0.2, -0.15) is 0 Å². The van der Waals surface area contributed by atoms with Crippen LogP contribution in [0.1, 0.15) is 0 Å². The minimum atomic E-state index is -3.11. The van der Waals surface area contributed by atoms with Gasteiger partial charge in [-0.25, -0.2) is 0 Å². The van der Waals surface area contributed by atoms with Gasteiger partial charge in [-0.3, -0.25) is 8.42 Å². The molecule has 60 valence electrons. The third kappa shape index (κ3) is 124. The smallest absolute Gasteiger partial charge is 0.784 e. The van der Waals surface area contributed by atoms with Gasteiger partial charge in [0.15, 0.2) is 0 Å². The average molecular weight is 345 g/mol. The summed E-state index contributed by atoms with van der Waals surface area (Å²) >= 11 is -6.22. The molecule has 11 heteroatoms. The molecule has 0 aliphatic heterocycles. The quantitative estimate of drug-likeness (QED) is 0.317. The Bertz CT molecular complexity index is 76.6. The summed E-state index contributed by atoms with van der Waals surface area (Å²) in [6, 6.07) is 0. The molecule has 0 aromatic carbocycles. The SMILES string of the molecule is O=S([O-])[O-].O=S([O-])[O-].[K+].[K+].[Pd+2]. The molecular formula is K2O6PdS2. The van der Waals surface area contributed by atoms with Gasteiger partial charge < -0.3 is 18.2 Å². The van der Waals surface area contributed by atoms with Crippen molar-refractivity contribution in [3.63, 3.8) is 0 Å². The Balaban J connectivity index is -0.0000000171. The Kier molecular flexibility index (Phi) is 63.4. The first-order valence-electron chi connectivity index (χ1n) is 1.00. The first kappa shape index (κ1) is 29.4. The zero-order valence-electron chi connectivity index (χ0n) is 5.58. The van der Waals surface area contributed by atoms with Gasteiger partial charge in [-0.1, -0.05) is 0 Å². The summed E-state index contributed by atoms with van der Waals surface area (Å²) in [6.07, 6.45) is 0. The molecule has 0 aliphatic carbocycles. The van der Waals surface area contributed by atoms with Gasteiger partial charge in [0.05, 0.1) is 0 Å². The van der Waals surface area contributed by atoms with Crippen LogP contribution < -0.4 is 103 Å². The molecule has 0 aliphatic rings. The zero-order chi connectivity index (χ0) is 7.15. The standard InChI is InChI=1S/2K.2H2O3S.Pd/c;;2*1-4(2)3;/h;;2*(H2,1,2,3);/q2*+1;;;+2/p-4. The maximum absolute atomic E-state index is 8.44. The van der Waals surface area contributed by atoms with Crippen molar-refractivity contribution in [2.75, 3.05) is 0 Å². The maximum Gasteiger partial charge on any atom is 2.00 e. The first-order valence-corrected chi connectivity index (χ1v) is 3.00. The molecule has 0 bridgehead atoms. The Labute approximate surface area is 168 Å². The van der Waals surface area contributed by atoms with E-state index >= 15 is 0 Å². The second-order valence-corrected chi connectivity index (χ2v) is 1.22. The van der Waals surface area contributed by atoms with E-state index in [2.05, 4.69) is 0 Å². The van der Waals surface area contributed by atoms with Crippen molar-refractivity contribution in [3.8, 4) is 0 Å². The molecule has 0 saturated carbocycles. The van der Waals surface area contributed by atoms with E-state index in [1.165, 1.54) is 0 Å². The van der Waals surface area contributed by atoms with Crippen LogP contribution in [0.4, 0.5) is 0 Å². The van der Waals surface area contributed by atoms with Crippen LogP contribution in [-0.4, -0.2) is 26.6 Å². The van der Waals surface area contributed by atoms with Crippen LogP contribution >= 0.6 is 0 Å². The fourth-order valence-electron chi connectivity index (χ4n) is 0. The van der Waals surface area contributed by atoms with Gasteiger partial charge in [0.2, 0.25) is 0 Å². The summed E-state index contributed by atoms with van der Waals surface area (Å²) in [6.45, 7) is 0. The fourth-order valence-corrected chi connectivity index (χ4v) is 0. The molecular weight excluding hydrogens is 345 g/mol. The molecule has 0 N–H and O–H groups in total. The molecule has 11 heavy (non-hydrogen) atoms. The molecule has 6 nitrogen and oxygen atoms in total. The van der Waals surface area contributed by atoms with Gasteiger partial charge in [-0.15, -0.1) is 22.7 Å². The van der Waals surface area contributed by atoms with Crippen LogP contribution in [0, 0.1) is 0 Å². The van der Waals surface area contributed by atoms with Crippen molar-refractivity contribution in [2.45, 2.75) is 0 Å². The van der Waals surface area contributed by atoms with E-state index in [4.69, 9.17) is 26.6 Å². The summed E-state index contributed by atoms with van der Waals surface area (Å²) in [7, 11) is 0. The van der Waals surface area contributed by atoms with Crippen LogP contribution in [0.15, 0.2) is 0 Å². The van der Waals surface area contributed by atoms with Crippen molar-refractivity contribution in [1.82, 2.24) is 0 Å². The Morgan fingerprint density at radius 2 is 0.727 bits per heavy atom. The van der Waals surface area contributed by atoms with Crippen LogP contribution in [0.5, 0.6) is 0 Å². The van der Waals surface area contributed by atoms with Crippen LogP contribution in [0.3, 0.4) is 0 Å². The Morgan fingerprint density at radius 1 is 0.727 bits per heavy atom. The summed E-state index contributed by atoms with van der Waals surface area (Å²) in [5.74, 6) is 0. The van der Waals surface area contributed by atoms with E-state index in [9.17, 15) is 0 Å². The number of hydrogen-bond acceptors (Lipinski definition) is 6. The average Bonchev–Trinajstić information content (AvgIpc) is 1.25. The van der Waals surface area contributed by atoms with Crippen molar-refractivity contribution >= 4 is 22.7 Å². The summed E-state index contributed by atoms with van der Waals surface area (Å²) in [5, 5.41) is 0. The fraction of sp³-hybridized carbons (Fsp3) is 0. The van der Waals surface area contributed by atoms with E-state index in [-0.39, 0.29) is 123 Å². The predicted molar refractivity (Wildman–Crippen MR) is 19.4 cm³/mol. The first-order chi connectivity index (χ1) is 3.46. The minimum absolute atomic E-state index is 0. The molecule has 0 aromatic heterocycles. The van der Waals surface area contributed by atoms with Crippen molar-refractivity contribution < 1.29 is 150 Å². The van der Waals surface area contributed by atoms with Crippen molar-refractivity contribution in [3.05, 3.63) is 0 Å². The van der Waals surface area contributed by atoms with E-state index < -0.39 is 22.7 Å². The molecule has 0 rings (SSSR count).